The van der Waals surface area contributed by atoms with E-state index < -0.39 is 0 Å². The van der Waals surface area contributed by atoms with Gasteiger partial charge in [-0.25, -0.2) is 0 Å². The first-order valence-electron chi connectivity index (χ1n) is 4.06. The Bertz CT molecular complexity index is 226. The molecule has 0 fully saturated rings. The summed E-state index contributed by atoms with van der Waals surface area (Å²) in [7, 11) is 0. The summed E-state index contributed by atoms with van der Waals surface area (Å²) in [5, 5.41) is 9.00. The van der Waals surface area contributed by atoms with Crippen molar-refractivity contribution >= 4 is 12.6 Å². The Morgan fingerprint density at radius 3 is 2.33 bits per heavy atom. The monoisotopic (exact) mass is 182 g/mol. The maximum atomic E-state index is 9.00. The molecule has 1 aromatic rings. The van der Waals surface area contributed by atoms with E-state index in [4.69, 9.17) is 5.11 Å². The maximum Gasteiger partial charge on any atom is 0.0507 e. The number of rotatable bonds is 3. The van der Waals surface area contributed by atoms with Crippen LogP contribution in [0.25, 0.3) is 0 Å². The summed E-state index contributed by atoms with van der Waals surface area (Å²) >= 11 is 4.17. The number of aliphatic hydroxyl groups is 1. The number of hydrogen-bond donors (Lipinski definition) is 2. The van der Waals surface area contributed by atoms with E-state index in [1.807, 2.05) is 12.1 Å². The van der Waals surface area contributed by atoms with E-state index in [0.29, 0.717) is 5.75 Å². The van der Waals surface area contributed by atoms with Crippen LogP contribution in [-0.4, -0.2) is 17.5 Å². The molecule has 1 nitrogen and oxygen atoms in total. The number of benzene rings is 1. The Morgan fingerprint density at radius 2 is 1.92 bits per heavy atom. The van der Waals surface area contributed by atoms with Crippen molar-refractivity contribution < 1.29 is 5.11 Å². The van der Waals surface area contributed by atoms with Gasteiger partial charge in [-0.15, -0.1) is 0 Å². The fraction of sp³-hybridized carbons (Fsp3) is 0.400. The van der Waals surface area contributed by atoms with Gasteiger partial charge in [-0.05, 0) is 18.2 Å². The molecule has 0 saturated carbocycles. The Kier molecular flexibility index (Phi) is 3.63. The molecule has 0 aliphatic carbocycles. The Labute approximate surface area is 78.8 Å². The molecule has 1 rings (SSSR count). The predicted octanol–water partition coefficient (Wildman–Crippen LogP) is 2.00. The molecule has 0 heterocycles. The lowest BCUT2D eigenvalue weighted by molar-refractivity contribution is 0.275. The van der Waals surface area contributed by atoms with E-state index >= 15 is 0 Å². The quantitative estimate of drug-likeness (QED) is 0.685. The summed E-state index contributed by atoms with van der Waals surface area (Å²) < 4.78 is 0. The van der Waals surface area contributed by atoms with E-state index in [2.05, 4.69) is 31.7 Å². The second kappa shape index (κ2) is 4.53. The Morgan fingerprint density at radius 1 is 1.33 bits per heavy atom. The third-order valence-electron chi connectivity index (χ3n) is 1.99. The molecule has 1 N–H and O–H groups in total. The minimum absolute atomic E-state index is 0.173. The van der Waals surface area contributed by atoms with E-state index in [1.54, 1.807) is 0 Å². The first kappa shape index (κ1) is 9.62. The van der Waals surface area contributed by atoms with Crippen LogP contribution < -0.4 is 0 Å². The first-order chi connectivity index (χ1) is 5.77. The van der Waals surface area contributed by atoms with Gasteiger partial charge in [0.1, 0.15) is 0 Å². The highest BCUT2D eigenvalue weighted by Crippen LogP contribution is 2.16. The van der Waals surface area contributed by atoms with E-state index in [9.17, 15) is 0 Å². The molecule has 1 unspecified atom stereocenters. The average Bonchev–Trinajstić information content (AvgIpc) is 2.10. The summed E-state index contributed by atoms with van der Waals surface area (Å²) in [4.78, 5) is 0. The van der Waals surface area contributed by atoms with Gasteiger partial charge in [-0.3, -0.25) is 0 Å². The van der Waals surface area contributed by atoms with Crippen molar-refractivity contribution in [2.75, 3.05) is 12.4 Å². The molecule has 1 atom stereocenters. The highest BCUT2D eigenvalue weighted by atomic mass is 32.1. The molecule has 0 spiro atoms. The molecule has 12 heavy (non-hydrogen) atoms. The summed E-state index contributed by atoms with van der Waals surface area (Å²) in [6.45, 7) is 2.23. The molecular weight excluding hydrogens is 168 g/mol. The van der Waals surface area contributed by atoms with E-state index in [1.165, 1.54) is 5.56 Å². The van der Waals surface area contributed by atoms with Gasteiger partial charge in [0.25, 0.3) is 0 Å². The normalized spacial score (nSPS) is 12.9. The summed E-state index contributed by atoms with van der Waals surface area (Å²) in [5.74, 6) is 0.869. The standard InChI is InChI=1S/C10H14OS/c1-8-2-4-9(5-3-8)10(6-11)7-12/h2-5,10-12H,6-7H2,1H3. The molecular formula is C10H14OS. The lowest BCUT2D eigenvalue weighted by Gasteiger charge is -2.10. The molecule has 2 heteroatoms. The molecule has 0 aromatic heterocycles. The van der Waals surface area contributed by atoms with Crippen LogP contribution in [0.4, 0.5) is 0 Å². The third kappa shape index (κ3) is 2.26. The number of thiol groups is 1. The molecule has 0 radical (unpaired) electrons. The second-order valence-electron chi connectivity index (χ2n) is 2.97. The lowest BCUT2D eigenvalue weighted by Crippen LogP contribution is -2.05. The molecule has 66 valence electrons. The number of aliphatic hydroxyl groups excluding tert-OH is 1. The highest BCUT2D eigenvalue weighted by molar-refractivity contribution is 7.80. The molecule has 0 bridgehead atoms. The Hall–Kier alpha value is -0.470. The fourth-order valence-corrected chi connectivity index (χ4v) is 1.43. The minimum Gasteiger partial charge on any atom is -0.396 e. The second-order valence-corrected chi connectivity index (χ2v) is 3.34. The fourth-order valence-electron chi connectivity index (χ4n) is 1.11. The number of aryl methyl sites for hydroxylation is 1. The summed E-state index contributed by atoms with van der Waals surface area (Å²) in [6, 6.07) is 8.21. The van der Waals surface area contributed by atoms with Gasteiger partial charge in [0.05, 0.1) is 6.61 Å². The van der Waals surface area contributed by atoms with Crippen molar-refractivity contribution in [1.29, 1.82) is 0 Å². The zero-order chi connectivity index (χ0) is 8.97. The van der Waals surface area contributed by atoms with E-state index in [-0.39, 0.29) is 12.5 Å². The van der Waals surface area contributed by atoms with Crippen LogP contribution in [0, 0.1) is 6.92 Å². The van der Waals surface area contributed by atoms with Gasteiger partial charge in [-0.1, -0.05) is 29.8 Å². The van der Waals surface area contributed by atoms with Gasteiger partial charge in [-0.2, -0.15) is 12.6 Å². The lowest BCUT2D eigenvalue weighted by atomic mass is 10.0. The highest BCUT2D eigenvalue weighted by Gasteiger charge is 2.06. The molecule has 0 aliphatic rings. The van der Waals surface area contributed by atoms with Crippen LogP contribution in [0.15, 0.2) is 24.3 Å². The van der Waals surface area contributed by atoms with E-state index in [0.717, 1.165) is 5.56 Å². The topological polar surface area (TPSA) is 20.2 Å². The minimum atomic E-state index is 0.173. The van der Waals surface area contributed by atoms with Gasteiger partial charge < -0.3 is 5.11 Å². The zero-order valence-electron chi connectivity index (χ0n) is 7.20. The Balaban J connectivity index is 2.80. The predicted molar refractivity (Wildman–Crippen MR) is 54.9 cm³/mol. The van der Waals surface area contributed by atoms with Gasteiger partial charge >= 0.3 is 0 Å². The third-order valence-corrected chi connectivity index (χ3v) is 2.43. The van der Waals surface area contributed by atoms with Crippen LogP contribution in [0.5, 0.6) is 0 Å². The zero-order valence-corrected chi connectivity index (χ0v) is 8.09. The van der Waals surface area contributed by atoms with Crippen LogP contribution in [-0.2, 0) is 0 Å². The SMILES string of the molecule is Cc1ccc(C(CO)CS)cc1. The van der Waals surface area contributed by atoms with Gasteiger partial charge in [0.2, 0.25) is 0 Å². The van der Waals surface area contributed by atoms with Crippen LogP contribution in [0.3, 0.4) is 0 Å². The van der Waals surface area contributed by atoms with Crippen molar-refractivity contribution in [3.63, 3.8) is 0 Å². The number of hydrogen-bond acceptors (Lipinski definition) is 2. The molecule has 0 saturated heterocycles. The maximum absolute atomic E-state index is 9.00. The van der Waals surface area contributed by atoms with Crippen molar-refractivity contribution in [1.82, 2.24) is 0 Å². The molecule has 0 amide bonds. The van der Waals surface area contributed by atoms with Crippen molar-refractivity contribution in [3.05, 3.63) is 35.4 Å². The molecule has 1 aromatic carbocycles. The van der Waals surface area contributed by atoms with Gasteiger partial charge in [0, 0.05) is 5.92 Å². The molecule has 0 aliphatic heterocycles. The van der Waals surface area contributed by atoms with Crippen molar-refractivity contribution in [2.45, 2.75) is 12.8 Å². The van der Waals surface area contributed by atoms with Crippen molar-refractivity contribution in [2.24, 2.45) is 0 Å². The van der Waals surface area contributed by atoms with Crippen molar-refractivity contribution in [3.8, 4) is 0 Å². The summed E-state index contributed by atoms with van der Waals surface area (Å²) in [5.41, 5.74) is 2.41. The van der Waals surface area contributed by atoms with Gasteiger partial charge in [0.15, 0.2) is 0 Å². The largest absolute Gasteiger partial charge is 0.396 e. The smallest absolute Gasteiger partial charge is 0.0507 e. The van der Waals surface area contributed by atoms with Crippen LogP contribution >= 0.6 is 12.6 Å². The van der Waals surface area contributed by atoms with Crippen LogP contribution in [0.1, 0.15) is 17.0 Å². The average molecular weight is 182 g/mol. The summed E-state index contributed by atoms with van der Waals surface area (Å²) in [6.07, 6.45) is 0. The first-order valence-corrected chi connectivity index (χ1v) is 4.69. The van der Waals surface area contributed by atoms with Crippen LogP contribution in [0.2, 0.25) is 0 Å².